The fourth-order valence-corrected chi connectivity index (χ4v) is 4.63. The molecule has 2 aromatic heterocycles. The highest BCUT2D eigenvalue weighted by Gasteiger charge is 2.22. The van der Waals surface area contributed by atoms with E-state index >= 15 is 0 Å². The smallest absolute Gasteiger partial charge is 0.242 e. The van der Waals surface area contributed by atoms with E-state index in [-0.39, 0.29) is 6.54 Å². The maximum atomic E-state index is 12.4. The van der Waals surface area contributed by atoms with Gasteiger partial charge in [-0.2, -0.15) is 0 Å². The number of thiophene rings is 1. The Morgan fingerprint density at radius 3 is 2.75 bits per heavy atom. The molecule has 0 atom stereocenters. The molecule has 0 aromatic carbocycles. The number of hydrogen-bond acceptors (Lipinski definition) is 6. The average Bonchev–Trinajstić information content (AvgIpc) is 2.94. The van der Waals surface area contributed by atoms with Gasteiger partial charge < -0.3 is 9.88 Å². The highest BCUT2D eigenvalue weighted by molar-refractivity contribution is 7.89. The third-order valence-corrected chi connectivity index (χ3v) is 5.68. The minimum absolute atomic E-state index is 0.118. The molecule has 0 aliphatic carbocycles. The Bertz CT molecular complexity index is 689. The molecule has 110 valence electrons. The van der Waals surface area contributed by atoms with E-state index in [1.54, 1.807) is 25.6 Å². The summed E-state index contributed by atoms with van der Waals surface area (Å²) in [5.74, 6) is 0.566. The first-order chi connectivity index (χ1) is 9.45. The summed E-state index contributed by atoms with van der Waals surface area (Å²) in [6.45, 7) is 2.44. The quantitative estimate of drug-likeness (QED) is 0.804. The van der Waals surface area contributed by atoms with Crippen LogP contribution in [0.5, 0.6) is 0 Å². The number of rotatable bonds is 6. The second-order valence-corrected chi connectivity index (χ2v) is 7.05. The molecule has 0 aliphatic rings. The fraction of sp³-hybridized carbons (Fsp3) is 0.455. The largest absolute Gasteiger partial charge is 0.320 e. The molecular formula is C11H17N5O2S2. The van der Waals surface area contributed by atoms with E-state index in [1.165, 1.54) is 17.7 Å². The van der Waals surface area contributed by atoms with Crippen LogP contribution in [0.4, 0.5) is 0 Å². The summed E-state index contributed by atoms with van der Waals surface area (Å²) in [4.78, 5) is 1.16. The normalized spacial score (nSPS) is 11.9. The second-order valence-electron chi connectivity index (χ2n) is 4.38. The molecule has 0 amide bonds. The lowest BCUT2D eigenvalue weighted by atomic mass is 10.3. The molecule has 0 radical (unpaired) electrons. The van der Waals surface area contributed by atoms with Crippen molar-refractivity contribution in [2.75, 3.05) is 7.05 Å². The molecule has 2 rings (SSSR count). The van der Waals surface area contributed by atoms with Gasteiger partial charge in [-0.1, -0.05) is 0 Å². The van der Waals surface area contributed by atoms with Gasteiger partial charge >= 0.3 is 0 Å². The molecule has 2 aromatic rings. The van der Waals surface area contributed by atoms with Crippen molar-refractivity contribution < 1.29 is 8.42 Å². The van der Waals surface area contributed by atoms with Crippen LogP contribution in [0.25, 0.3) is 0 Å². The molecule has 2 N–H and O–H groups in total. The lowest BCUT2D eigenvalue weighted by molar-refractivity contribution is 0.575. The highest BCUT2D eigenvalue weighted by Crippen LogP contribution is 2.26. The van der Waals surface area contributed by atoms with Crippen molar-refractivity contribution in [3.05, 3.63) is 28.0 Å². The Hall–Kier alpha value is -1.29. The highest BCUT2D eigenvalue weighted by atomic mass is 32.2. The first-order valence-electron chi connectivity index (χ1n) is 6.00. The number of hydrogen-bond donors (Lipinski definition) is 2. The number of nitrogens with zero attached hydrogens (tertiary/aromatic N) is 3. The van der Waals surface area contributed by atoms with Crippen LogP contribution >= 0.6 is 11.3 Å². The molecule has 0 aliphatic heterocycles. The van der Waals surface area contributed by atoms with Gasteiger partial charge in [0.25, 0.3) is 0 Å². The molecule has 0 bridgehead atoms. The topological polar surface area (TPSA) is 88.9 Å². The van der Waals surface area contributed by atoms with Crippen LogP contribution in [0.15, 0.2) is 16.6 Å². The monoisotopic (exact) mass is 315 g/mol. The first kappa shape index (κ1) is 15.1. The van der Waals surface area contributed by atoms with Crippen LogP contribution in [0.2, 0.25) is 0 Å². The number of aromatic nitrogens is 3. The minimum Gasteiger partial charge on any atom is -0.320 e. The van der Waals surface area contributed by atoms with E-state index in [1.807, 2.05) is 5.38 Å². The molecule has 9 heteroatoms. The number of nitrogens with one attached hydrogen (secondary N) is 2. The lowest BCUT2D eigenvalue weighted by Gasteiger charge is -2.08. The summed E-state index contributed by atoms with van der Waals surface area (Å²) in [7, 11) is 0.00586. The van der Waals surface area contributed by atoms with E-state index in [4.69, 9.17) is 0 Å². The van der Waals surface area contributed by atoms with Gasteiger partial charge in [-0.05, 0) is 24.9 Å². The summed E-state index contributed by atoms with van der Waals surface area (Å²) in [6, 6.07) is 0. The summed E-state index contributed by atoms with van der Waals surface area (Å²) in [5.41, 5.74) is 0.755. The maximum Gasteiger partial charge on any atom is 0.242 e. The van der Waals surface area contributed by atoms with Crippen molar-refractivity contribution in [3.8, 4) is 0 Å². The standard InChI is InChI=1S/C11H17N5O2S2/c1-8-6-19-9(4-12-2)11(8)20(17,18)14-5-10-15-13-7-16(10)3/h6-7,12,14H,4-5H2,1-3H3. The van der Waals surface area contributed by atoms with Gasteiger partial charge in [0, 0.05) is 18.5 Å². The molecule has 0 saturated heterocycles. The average molecular weight is 315 g/mol. The van der Waals surface area contributed by atoms with Gasteiger partial charge in [-0.15, -0.1) is 21.5 Å². The van der Waals surface area contributed by atoms with Crippen LogP contribution in [0.1, 0.15) is 16.3 Å². The first-order valence-corrected chi connectivity index (χ1v) is 8.36. The Balaban J connectivity index is 2.22. The number of aryl methyl sites for hydroxylation is 2. The van der Waals surface area contributed by atoms with E-state index < -0.39 is 10.0 Å². The number of sulfonamides is 1. The predicted octanol–water partition coefficient (Wildman–Crippen LogP) is 0.383. The van der Waals surface area contributed by atoms with Gasteiger partial charge in [0.05, 0.1) is 6.54 Å². The van der Waals surface area contributed by atoms with Crippen LogP contribution < -0.4 is 10.0 Å². The maximum absolute atomic E-state index is 12.4. The zero-order chi connectivity index (χ0) is 14.8. The SMILES string of the molecule is CNCc1scc(C)c1S(=O)(=O)NCc1nncn1C. The van der Waals surface area contributed by atoms with Gasteiger partial charge in [0.1, 0.15) is 17.0 Å². The third-order valence-electron chi connectivity index (χ3n) is 2.82. The van der Waals surface area contributed by atoms with Crippen LogP contribution in [-0.4, -0.2) is 30.2 Å². The van der Waals surface area contributed by atoms with E-state index in [2.05, 4.69) is 20.2 Å². The van der Waals surface area contributed by atoms with Crippen molar-refractivity contribution in [1.82, 2.24) is 24.8 Å². The van der Waals surface area contributed by atoms with Crippen molar-refractivity contribution in [2.24, 2.45) is 7.05 Å². The zero-order valence-electron chi connectivity index (χ0n) is 11.5. The minimum atomic E-state index is -3.55. The molecule has 7 nitrogen and oxygen atoms in total. The Morgan fingerprint density at radius 2 is 2.15 bits per heavy atom. The predicted molar refractivity (Wildman–Crippen MR) is 76.8 cm³/mol. The molecule has 20 heavy (non-hydrogen) atoms. The van der Waals surface area contributed by atoms with E-state index in [0.717, 1.165) is 10.4 Å². The Kier molecular flexibility index (Phi) is 4.53. The molecule has 2 heterocycles. The van der Waals surface area contributed by atoms with Crippen LogP contribution in [-0.2, 0) is 30.2 Å². The van der Waals surface area contributed by atoms with Crippen LogP contribution in [0.3, 0.4) is 0 Å². The van der Waals surface area contributed by atoms with Gasteiger partial charge in [-0.25, -0.2) is 13.1 Å². The molecule has 0 saturated carbocycles. The van der Waals surface area contributed by atoms with E-state index in [0.29, 0.717) is 17.3 Å². The van der Waals surface area contributed by atoms with Crippen molar-refractivity contribution in [3.63, 3.8) is 0 Å². The summed E-state index contributed by atoms with van der Waals surface area (Å²) in [6.07, 6.45) is 1.53. The van der Waals surface area contributed by atoms with Crippen LogP contribution in [0, 0.1) is 6.92 Å². The summed E-state index contributed by atoms with van der Waals surface area (Å²) >= 11 is 1.44. The summed E-state index contributed by atoms with van der Waals surface area (Å²) in [5, 5.41) is 12.4. The molecular weight excluding hydrogens is 298 g/mol. The molecule has 0 spiro atoms. The Morgan fingerprint density at radius 1 is 1.40 bits per heavy atom. The molecule has 0 unspecified atom stereocenters. The van der Waals surface area contributed by atoms with Crippen molar-refractivity contribution >= 4 is 21.4 Å². The molecule has 0 fully saturated rings. The van der Waals surface area contributed by atoms with Crippen molar-refractivity contribution in [1.29, 1.82) is 0 Å². The third kappa shape index (κ3) is 3.06. The zero-order valence-corrected chi connectivity index (χ0v) is 13.2. The van der Waals surface area contributed by atoms with Gasteiger partial charge in [0.2, 0.25) is 10.0 Å². The Labute approximate surface area is 122 Å². The fourth-order valence-electron chi connectivity index (χ4n) is 1.83. The summed E-state index contributed by atoms with van der Waals surface area (Å²) < 4.78 is 29.1. The van der Waals surface area contributed by atoms with E-state index in [9.17, 15) is 8.42 Å². The second kappa shape index (κ2) is 6.00. The lowest BCUT2D eigenvalue weighted by Crippen LogP contribution is -2.26. The van der Waals surface area contributed by atoms with Gasteiger partial charge in [-0.3, -0.25) is 0 Å². The van der Waals surface area contributed by atoms with Crippen molar-refractivity contribution in [2.45, 2.75) is 24.9 Å². The van der Waals surface area contributed by atoms with Gasteiger partial charge in [0.15, 0.2) is 0 Å².